The fraction of sp³-hybridized carbons (Fsp3) is 0.623. The number of carbonyl (C=O) groups is 3. The van der Waals surface area contributed by atoms with Gasteiger partial charge in [0.2, 0.25) is 0 Å². The molecule has 6 heteroatoms. The fourth-order valence-corrected chi connectivity index (χ4v) is 6.93. The Labute approximate surface area is 412 Å². The molecule has 0 heterocycles. The Kier molecular flexibility index (Phi) is 51.0. The standard InChI is InChI=1S/C61H98O6/c1-4-7-10-13-16-19-22-25-27-29-30-32-33-36-39-42-45-48-51-54-60(63)66-57-58(56-65-59(62)53-50-47-44-41-38-35-24-21-18-15-12-9-6-3)67-61(64)55-52-49-46-43-40-37-34-31-28-26-23-20-17-14-11-8-5-2/h8,11,16-17,19-20,25-28,30,32,34,36-37,39,43,45-46,48,58H,4-7,9-10,12-15,18,21-24,29,31,33,35,38,40-42,44,47,49-57H2,1-3H3/b11-8-,19-16-,20-17-,27-25-,28-26-,32-30-,37-34-,39-36-,46-43-,48-45-/t58-/m0/s1. The van der Waals surface area contributed by atoms with Crippen LogP contribution in [-0.4, -0.2) is 37.2 Å². The molecule has 0 rings (SSSR count). The predicted molar refractivity (Wildman–Crippen MR) is 288 cm³/mol. The highest BCUT2D eigenvalue weighted by Gasteiger charge is 2.19. The van der Waals surface area contributed by atoms with Crippen molar-refractivity contribution >= 4 is 17.9 Å². The van der Waals surface area contributed by atoms with Crippen LogP contribution in [-0.2, 0) is 28.6 Å². The Morgan fingerprint density at radius 1 is 0.313 bits per heavy atom. The Hall–Kier alpha value is -4.19. The summed E-state index contributed by atoms with van der Waals surface area (Å²) in [7, 11) is 0. The van der Waals surface area contributed by atoms with Crippen molar-refractivity contribution in [3.63, 3.8) is 0 Å². The van der Waals surface area contributed by atoms with Crippen LogP contribution in [0.4, 0.5) is 0 Å². The van der Waals surface area contributed by atoms with E-state index in [4.69, 9.17) is 14.2 Å². The first kappa shape index (κ1) is 62.8. The van der Waals surface area contributed by atoms with Gasteiger partial charge >= 0.3 is 17.9 Å². The lowest BCUT2D eigenvalue weighted by Crippen LogP contribution is -2.30. The van der Waals surface area contributed by atoms with Crippen molar-refractivity contribution in [1.82, 2.24) is 0 Å². The minimum Gasteiger partial charge on any atom is -0.462 e. The van der Waals surface area contributed by atoms with Gasteiger partial charge in [-0.05, 0) is 96.3 Å². The summed E-state index contributed by atoms with van der Waals surface area (Å²) in [5, 5.41) is 0. The van der Waals surface area contributed by atoms with E-state index < -0.39 is 6.10 Å². The third-order valence-electron chi connectivity index (χ3n) is 11.0. The van der Waals surface area contributed by atoms with E-state index in [1.807, 2.05) is 12.2 Å². The quantitative estimate of drug-likeness (QED) is 0.0262. The second kappa shape index (κ2) is 54.4. The summed E-state index contributed by atoms with van der Waals surface area (Å²) in [6.45, 7) is 6.37. The zero-order valence-electron chi connectivity index (χ0n) is 43.1. The first-order valence-corrected chi connectivity index (χ1v) is 27.0. The fourth-order valence-electron chi connectivity index (χ4n) is 6.93. The van der Waals surface area contributed by atoms with Crippen molar-refractivity contribution in [1.29, 1.82) is 0 Å². The van der Waals surface area contributed by atoms with Crippen LogP contribution in [0.25, 0.3) is 0 Å². The van der Waals surface area contributed by atoms with E-state index in [9.17, 15) is 14.4 Å². The van der Waals surface area contributed by atoms with Gasteiger partial charge in [0.05, 0.1) is 0 Å². The van der Waals surface area contributed by atoms with Crippen LogP contribution >= 0.6 is 0 Å². The first-order chi connectivity index (χ1) is 33.0. The highest BCUT2D eigenvalue weighted by atomic mass is 16.6. The van der Waals surface area contributed by atoms with E-state index in [0.29, 0.717) is 19.3 Å². The molecule has 0 aromatic rings. The summed E-state index contributed by atoms with van der Waals surface area (Å²) < 4.78 is 16.7. The van der Waals surface area contributed by atoms with Crippen molar-refractivity contribution < 1.29 is 28.6 Å². The van der Waals surface area contributed by atoms with Crippen molar-refractivity contribution in [2.24, 2.45) is 0 Å². The largest absolute Gasteiger partial charge is 0.462 e. The summed E-state index contributed by atoms with van der Waals surface area (Å²) in [6.07, 6.45) is 74.8. The van der Waals surface area contributed by atoms with E-state index >= 15 is 0 Å². The van der Waals surface area contributed by atoms with Crippen LogP contribution < -0.4 is 0 Å². The molecular weight excluding hydrogens is 829 g/mol. The molecule has 0 spiro atoms. The van der Waals surface area contributed by atoms with E-state index in [1.165, 1.54) is 89.9 Å². The first-order valence-electron chi connectivity index (χ1n) is 27.0. The van der Waals surface area contributed by atoms with Gasteiger partial charge in [-0.25, -0.2) is 0 Å². The molecule has 0 aliphatic carbocycles. The molecule has 0 fully saturated rings. The van der Waals surface area contributed by atoms with Crippen LogP contribution in [0, 0.1) is 0 Å². The van der Waals surface area contributed by atoms with Gasteiger partial charge in [0, 0.05) is 19.3 Å². The number of esters is 3. The lowest BCUT2D eigenvalue weighted by Gasteiger charge is -2.18. The molecule has 0 aliphatic rings. The number of allylic oxidation sites excluding steroid dienone is 20. The minimum atomic E-state index is -0.839. The number of unbranched alkanes of at least 4 members (excludes halogenated alkanes) is 16. The van der Waals surface area contributed by atoms with Crippen LogP contribution in [0.2, 0.25) is 0 Å². The van der Waals surface area contributed by atoms with Crippen molar-refractivity contribution in [3.8, 4) is 0 Å². The number of rotatable bonds is 47. The average molecular weight is 927 g/mol. The normalized spacial score (nSPS) is 13.1. The van der Waals surface area contributed by atoms with Gasteiger partial charge < -0.3 is 14.2 Å². The number of carbonyl (C=O) groups excluding carboxylic acids is 3. The smallest absolute Gasteiger partial charge is 0.306 e. The molecule has 0 aromatic heterocycles. The van der Waals surface area contributed by atoms with Crippen LogP contribution in [0.1, 0.15) is 226 Å². The Bertz CT molecular complexity index is 1440. The van der Waals surface area contributed by atoms with Crippen LogP contribution in [0.3, 0.4) is 0 Å². The van der Waals surface area contributed by atoms with Gasteiger partial charge in [0.25, 0.3) is 0 Å². The van der Waals surface area contributed by atoms with Crippen molar-refractivity contribution in [2.75, 3.05) is 13.2 Å². The summed E-state index contributed by atoms with van der Waals surface area (Å²) in [4.78, 5) is 38.0. The summed E-state index contributed by atoms with van der Waals surface area (Å²) in [5.41, 5.74) is 0. The summed E-state index contributed by atoms with van der Waals surface area (Å²) in [6, 6.07) is 0. The van der Waals surface area contributed by atoms with Gasteiger partial charge in [-0.1, -0.05) is 232 Å². The molecule has 67 heavy (non-hydrogen) atoms. The highest BCUT2D eigenvalue weighted by molar-refractivity contribution is 5.71. The van der Waals surface area contributed by atoms with E-state index in [-0.39, 0.29) is 44.0 Å². The topological polar surface area (TPSA) is 78.9 Å². The second-order valence-electron chi connectivity index (χ2n) is 17.4. The Morgan fingerprint density at radius 3 is 1.04 bits per heavy atom. The molecule has 0 amide bonds. The number of ether oxygens (including phenoxy) is 3. The monoisotopic (exact) mass is 927 g/mol. The predicted octanol–water partition coefficient (Wildman–Crippen LogP) is 18.1. The molecule has 1 atom stereocenters. The Balaban J connectivity index is 4.60. The molecule has 0 aromatic carbocycles. The third kappa shape index (κ3) is 52.6. The molecular formula is C61H98O6. The molecule has 0 N–H and O–H groups in total. The van der Waals surface area contributed by atoms with Gasteiger partial charge in [0.15, 0.2) is 6.10 Å². The van der Waals surface area contributed by atoms with Crippen molar-refractivity contribution in [2.45, 2.75) is 232 Å². The lowest BCUT2D eigenvalue weighted by atomic mass is 10.0. The average Bonchev–Trinajstić information content (AvgIpc) is 3.33. The molecule has 0 aliphatic heterocycles. The molecule has 6 nitrogen and oxygen atoms in total. The Morgan fingerprint density at radius 2 is 0.627 bits per heavy atom. The zero-order valence-corrected chi connectivity index (χ0v) is 43.1. The van der Waals surface area contributed by atoms with Crippen molar-refractivity contribution in [3.05, 3.63) is 122 Å². The SMILES string of the molecule is CC/C=C\C/C=C\C/C=C\C/C=C\C/C=C\CCCC(=O)O[C@H](COC(=O)CC/C=C\C/C=C\C/C=C\C/C=C\C/C=C\CCCCC)COC(=O)CCCCCCCCCCCCCCC. The minimum absolute atomic E-state index is 0.125. The third-order valence-corrected chi connectivity index (χ3v) is 11.0. The zero-order chi connectivity index (χ0) is 48.6. The molecule has 0 bridgehead atoms. The number of hydrogen-bond acceptors (Lipinski definition) is 6. The van der Waals surface area contributed by atoms with E-state index in [2.05, 4.69) is 130 Å². The van der Waals surface area contributed by atoms with E-state index in [1.54, 1.807) is 0 Å². The summed E-state index contributed by atoms with van der Waals surface area (Å²) in [5.74, 6) is -1.08. The van der Waals surface area contributed by atoms with Gasteiger partial charge in [-0.15, -0.1) is 0 Å². The molecule has 378 valence electrons. The molecule has 0 unspecified atom stereocenters. The summed E-state index contributed by atoms with van der Waals surface area (Å²) >= 11 is 0. The van der Waals surface area contributed by atoms with Crippen LogP contribution in [0.15, 0.2) is 122 Å². The molecule has 0 radical (unpaired) electrons. The van der Waals surface area contributed by atoms with Gasteiger partial charge in [-0.3, -0.25) is 14.4 Å². The number of hydrogen-bond donors (Lipinski definition) is 0. The second-order valence-corrected chi connectivity index (χ2v) is 17.4. The maximum Gasteiger partial charge on any atom is 0.306 e. The van der Waals surface area contributed by atoms with E-state index in [0.717, 1.165) is 83.5 Å². The van der Waals surface area contributed by atoms with Crippen LogP contribution in [0.5, 0.6) is 0 Å². The maximum atomic E-state index is 12.8. The molecule has 0 saturated carbocycles. The lowest BCUT2D eigenvalue weighted by molar-refractivity contribution is -0.166. The highest BCUT2D eigenvalue weighted by Crippen LogP contribution is 2.14. The van der Waals surface area contributed by atoms with Gasteiger partial charge in [0.1, 0.15) is 13.2 Å². The molecule has 0 saturated heterocycles. The maximum absolute atomic E-state index is 12.8. The van der Waals surface area contributed by atoms with Gasteiger partial charge in [-0.2, -0.15) is 0 Å².